The third-order valence-corrected chi connectivity index (χ3v) is 6.30. The van der Waals surface area contributed by atoms with Crippen LogP contribution in [0.3, 0.4) is 0 Å². The zero-order valence-electron chi connectivity index (χ0n) is 15.9. The Kier molecular flexibility index (Phi) is 4.88. The lowest BCUT2D eigenvalue weighted by molar-refractivity contribution is 0.0829. The van der Waals surface area contributed by atoms with E-state index in [9.17, 15) is 9.59 Å². The average molecular weight is 398 g/mol. The molecule has 5 nitrogen and oxygen atoms in total. The van der Waals surface area contributed by atoms with Gasteiger partial charge in [0.05, 0.1) is 0 Å². The van der Waals surface area contributed by atoms with Gasteiger partial charge in [0.1, 0.15) is 5.69 Å². The monoisotopic (exact) mass is 397 g/mol. The van der Waals surface area contributed by atoms with Gasteiger partial charge in [0.25, 0.3) is 11.8 Å². The maximum Gasteiger partial charge on any atom is 0.270 e. The van der Waals surface area contributed by atoms with Crippen molar-refractivity contribution in [2.75, 3.05) is 0 Å². The lowest BCUT2D eigenvalue weighted by Gasteiger charge is -2.40. The van der Waals surface area contributed by atoms with Crippen molar-refractivity contribution in [1.29, 1.82) is 0 Å². The quantitative estimate of drug-likeness (QED) is 0.817. The molecule has 0 aliphatic heterocycles. The van der Waals surface area contributed by atoms with Gasteiger partial charge < -0.3 is 10.6 Å². The molecular weight excluding hydrogens is 374 g/mol. The van der Waals surface area contributed by atoms with Gasteiger partial charge in [-0.05, 0) is 81.3 Å². The fourth-order valence-electron chi connectivity index (χ4n) is 4.74. The normalized spacial score (nSPS) is 25.9. The lowest BCUT2D eigenvalue weighted by atomic mass is 9.78. The number of fused-ring (bicyclic) bond motifs is 2. The van der Waals surface area contributed by atoms with E-state index in [-0.39, 0.29) is 22.9 Å². The molecule has 2 aromatic rings. The van der Waals surface area contributed by atoms with Crippen LogP contribution in [0.5, 0.6) is 0 Å². The Hall–Kier alpha value is -2.40. The number of aryl methyl sites for hydroxylation is 1. The summed E-state index contributed by atoms with van der Waals surface area (Å²) in [5.41, 5.74) is 1.47. The van der Waals surface area contributed by atoms with Gasteiger partial charge in [0.2, 0.25) is 0 Å². The van der Waals surface area contributed by atoms with E-state index in [4.69, 9.17) is 11.6 Å². The van der Waals surface area contributed by atoms with Crippen LogP contribution in [0.1, 0.15) is 64.9 Å². The summed E-state index contributed by atoms with van der Waals surface area (Å²) in [4.78, 5) is 29.7. The number of hydrogen-bond acceptors (Lipinski definition) is 3. The van der Waals surface area contributed by atoms with Gasteiger partial charge in [-0.3, -0.25) is 14.6 Å². The molecule has 2 saturated carbocycles. The molecule has 2 amide bonds. The van der Waals surface area contributed by atoms with Gasteiger partial charge in [-0.25, -0.2) is 0 Å². The molecule has 0 spiro atoms. The number of pyridine rings is 1. The number of hydrogen-bond donors (Lipinski definition) is 2. The third-order valence-electron chi connectivity index (χ3n) is 6.06. The largest absolute Gasteiger partial charge is 0.347 e. The van der Waals surface area contributed by atoms with E-state index in [1.54, 1.807) is 36.5 Å². The second-order valence-corrected chi connectivity index (χ2v) is 8.66. The van der Waals surface area contributed by atoms with Crippen LogP contribution in [0, 0.1) is 6.92 Å². The van der Waals surface area contributed by atoms with Gasteiger partial charge in [-0.1, -0.05) is 17.7 Å². The maximum atomic E-state index is 12.8. The zero-order valence-corrected chi connectivity index (χ0v) is 16.7. The Morgan fingerprint density at radius 1 is 1.00 bits per heavy atom. The number of carbonyl (C=O) groups is 2. The predicted octanol–water partition coefficient (Wildman–Crippen LogP) is 4.05. The Bertz CT molecular complexity index is 858. The highest BCUT2D eigenvalue weighted by Gasteiger charge is 2.52. The van der Waals surface area contributed by atoms with E-state index in [1.807, 2.05) is 13.0 Å². The maximum absolute atomic E-state index is 12.8. The van der Waals surface area contributed by atoms with E-state index in [1.165, 1.54) is 0 Å². The molecule has 28 heavy (non-hydrogen) atoms. The zero-order chi connectivity index (χ0) is 19.8. The first kappa shape index (κ1) is 18.9. The molecule has 2 unspecified atom stereocenters. The van der Waals surface area contributed by atoms with Crippen molar-refractivity contribution in [1.82, 2.24) is 15.6 Å². The summed E-state index contributed by atoms with van der Waals surface area (Å²) in [6.45, 7) is 1.95. The molecule has 2 aliphatic carbocycles. The summed E-state index contributed by atoms with van der Waals surface area (Å²) in [5.74, 6) is -0.241. The Balaban J connectivity index is 1.48. The van der Waals surface area contributed by atoms with Gasteiger partial charge in [-0.15, -0.1) is 0 Å². The van der Waals surface area contributed by atoms with E-state index < -0.39 is 0 Å². The minimum absolute atomic E-state index is 0.105. The van der Waals surface area contributed by atoms with E-state index in [2.05, 4.69) is 15.6 Å². The minimum Gasteiger partial charge on any atom is -0.347 e. The summed E-state index contributed by atoms with van der Waals surface area (Å²) in [6.07, 6.45) is 6.97. The lowest BCUT2D eigenvalue weighted by Crippen LogP contribution is -2.55. The highest BCUT2D eigenvalue weighted by Crippen LogP contribution is 2.48. The summed E-state index contributed by atoms with van der Waals surface area (Å²) in [6, 6.07) is 10.7. The van der Waals surface area contributed by atoms with Crippen LogP contribution >= 0.6 is 11.6 Å². The van der Waals surface area contributed by atoms with Crippen molar-refractivity contribution in [2.24, 2.45) is 0 Å². The first-order valence-corrected chi connectivity index (χ1v) is 10.1. The Morgan fingerprint density at radius 3 is 2.39 bits per heavy atom. The molecule has 6 heteroatoms. The Labute approximate surface area is 169 Å². The highest BCUT2D eigenvalue weighted by atomic mass is 35.5. The number of amides is 2. The minimum atomic E-state index is -0.275. The molecule has 1 heterocycles. The van der Waals surface area contributed by atoms with Crippen LogP contribution in [0.25, 0.3) is 0 Å². The molecule has 4 rings (SSSR count). The molecular formula is C22H24ClN3O2. The van der Waals surface area contributed by atoms with Crippen molar-refractivity contribution in [3.8, 4) is 0 Å². The molecule has 0 radical (unpaired) electrons. The van der Waals surface area contributed by atoms with Gasteiger partial charge >= 0.3 is 0 Å². The molecule has 2 fully saturated rings. The molecule has 2 bridgehead atoms. The Morgan fingerprint density at radius 2 is 1.71 bits per heavy atom. The third kappa shape index (κ3) is 3.76. The standard InChI is InChI=1S/C22H24ClN3O2/c1-15-6-11-24-18(12-15)20(28)26-22-8-3-7-21(14-22,9-10-22)25-19(27)16-4-2-5-17(23)13-16/h2,4-6,11-13H,3,7-10,14H2,1H3,(H,25,27)(H,26,28). The van der Waals surface area contributed by atoms with Crippen LogP contribution in [0.15, 0.2) is 42.6 Å². The molecule has 2 atom stereocenters. The number of nitrogens with zero attached hydrogens (tertiary/aromatic N) is 1. The van der Waals surface area contributed by atoms with Crippen molar-refractivity contribution < 1.29 is 9.59 Å². The molecule has 1 aromatic carbocycles. The van der Waals surface area contributed by atoms with Crippen molar-refractivity contribution in [3.63, 3.8) is 0 Å². The summed E-state index contributed by atoms with van der Waals surface area (Å²) in [7, 11) is 0. The first-order valence-electron chi connectivity index (χ1n) is 9.72. The van der Waals surface area contributed by atoms with E-state index >= 15 is 0 Å². The van der Waals surface area contributed by atoms with E-state index in [0.717, 1.165) is 44.1 Å². The topological polar surface area (TPSA) is 71.1 Å². The molecule has 2 aliphatic rings. The fourth-order valence-corrected chi connectivity index (χ4v) is 4.93. The number of rotatable bonds is 4. The van der Waals surface area contributed by atoms with Gasteiger partial charge in [-0.2, -0.15) is 0 Å². The SMILES string of the molecule is Cc1ccnc(C(=O)NC23CCCC(NC(=O)c4cccc(Cl)c4)(CC2)C3)c1. The first-order chi connectivity index (χ1) is 13.4. The van der Waals surface area contributed by atoms with Crippen molar-refractivity contribution in [3.05, 3.63) is 64.4 Å². The number of aromatic nitrogens is 1. The van der Waals surface area contributed by atoms with Crippen LogP contribution < -0.4 is 10.6 Å². The summed E-state index contributed by atoms with van der Waals surface area (Å²) >= 11 is 6.02. The molecule has 146 valence electrons. The smallest absolute Gasteiger partial charge is 0.270 e. The highest BCUT2D eigenvalue weighted by molar-refractivity contribution is 6.30. The fraction of sp³-hybridized carbons (Fsp3) is 0.409. The van der Waals surface area contributed by atoms with Crippen LogP contribution in [-0.2, 0) is 0 Å². The number of benzene rings is 1. The predicted molar refractivity (Wildman–Crippen MR) is 109 cm³/mol. The molecule has 2 N–H and O–H groups in total. The summed E-state index contributed by atoms with van der Waals surface area (Å²) in [5, 5.41) is 7.04. The number of halogens is 1. The summed E-state index contributed by atoms with van der Waals surface area (Å²) < 4.78 is 0. The van der Waals surface area contributed by atoms with Crippen molar-refractivity contribution in [2.45, 2.75) is 56.5 Å². The van der Waals surface area contributed by atoms with Crippen LogP contribution in [-0.4, -0.2) is 27.9 Å². The molecule has 0 saturated heterocycles. The van der Waals surface area contributed by atoms with Gasteiger partial charge in [0.15, 0.2) is 0 Å². The second-order valence-electron chi connectivity index (χ2n) is 8.23. The van der Waals surface area contributed by atoms with Gasteiger partial charge in [0, 0.05) is 27.9 Å². The van der Waals surface area contributed by atoms with Crippen molar-refractivity contribution >= 4 is 23.4 Å². The van der Waals surface area contributed by atoms with Crippen LogP contribution in [0.2, 0.25) is 5.02 Å². The number of nitrogens with one attached hydrogen (secondary N) is 2. The van der Waals surface area contributed by atoms with E-state index in [0.29, 0.717) is 16.3 Å². The number of carbonyl (C=O) groups excluding carboxylic acids is 2. The molecule has 1 aromatic heterocycles. The second kappa shape index (κ2) is 7.21. The van der Waals surface area contributed by atoms with Crippen LogP contribution in [0.4, 0.5) is 0 Å². The average Bonchev–Trinajstić information content (AvgIpc) is 2.91.